The van der Waals surface area contributed by atoms with Crippen LogP contribution in [0.4, 0.5) is 13.2 Å². The van der Waals surface area contributed by atoms with Crippen LogP contribution in [0.3, 0.4) is 0 Å². The highest BCUT2D eigenvalue weighted by atomic mass is 19.4. The van der Waals surface area contributed by atoms with E-state index >= 15 is 0 Å². The van der Waals surface area contributed by atoms with E-state index in [0.29, 0.717) is 5.56 Å². The fraction of sp³-hybridized carbons (Fsp3) is 0.400. The molecular weight excluding hydrogens is 485 g/mol. The van der Waals surface area contributed by atoms with Gasteiger partial charge in [-0.25, -0.2) is 9.59 Å². The van der Waals surface area contributed by atoms with Crippen molar-refractivity contribution in [1.29, 1.82) is 0 Å². The third-order valence-corrected chi connectivity index (χ3v) is 5.28. The van der Waals surface area contributed by atoms with Gasteiger partial charge in [0, 0.05) is 0 Å². The van der Waals surface area contributed by atoms with E-state index in [1.807, 2.05) is 0 Å². The lowest BCUT2D eigenvalue weighted by Gasteiger charge is -2.20. The SMILES string of the molecule is C#C[C@@H]1/C=C\C(=O)[C@@H](O)[C@@H](O)C/C=C/c2cc(CCCOC(=O)C(F)(F)F)cc(O)c2C(=O)O[C@H]1C. The summed E-state index contributed by atoms with van der Waals surface area (Å²) in [7, 11) is 0. The summed E-state index contributed by atoms with van der Waals surface area (Å²) in [5.74, 6) is -3.02. The first-order chi connectivity index (χ1) is 16.8. The van der Waals surface area contributed by atoms with E-state index in [1.54, 1.807) is 0 Å². The molecule has 1 aromatic rings. The number of halogens is 3. The number of hydrogen-bond acceptors (Lipinski definition) is 8. The summed E-state index contributed by atoms with van der Waals surface area (Å²) in [4.78, 5) is 35.8. The van der Waals surface area contributed by atoms with Crippen LogP contribution in [-0.2, 0) is 25.5 Å². The number of benzene rings is 1. The highest BCUT2D eigenvalue weighted by Crippen LogP contribution is 2.28. The number of terminal acetylenes is 1. The van der Waals surface area contributed by atoms with E-state index in [9.17, 15) is 42.9 Å². The molecule has 36 heavy (non-hydrogen) atoms. The third kappa shape index (κ3) is 7.69. The van der Waals surface area contributed by atoms with Crippen LogP contribution in [0.15, 0.2) is 30.4 Å². The topological polar surface area (TPSA) is 130 Å². The molecule has 0 saturated carbocycles. The minimum Gasteiger partial charge on any atom is -0.507 e. The minimum atomic E-state index is -5.10. The van der Waals surface area contributed by atoms with E-state index < -0.39 is 60.5 Å². The van der Waals surface area contributed by atoms with Gasteiger partial charge in [-0.15, -0.1) is 6.42 Å². The van der Waals surface area contributed by atoms with E-state index in [2.05, 4.69) is 10.7 Å². The Morgan fingerprint density at radius 3 is 2.58 bits per heavy atom. The quantitative estimate of drug-likeness (QED) is 0.320. The fourth-order valence-electron chi connectivity index (χ4n) is 3.33. The molecule has 2 rings (SSSR count). The van der Waals surface area contributed by atoms with E-state index in [4.69, 9.17) is 11.2 Å². The van der Waals surface area contributed by atoms with E-state index in [0.717, 1.165) is 6.08 Å². The Labute approximate surface area is 205 Å². The van der Waals surface area contributed by atoms with Crippen LogP contribution in [0.1, 0.15) is 41.3 Å². The van der Waals surface area contributed by atoms with Crippen molar-refractivity contribution in [3.05, 3.63) is 47.1 Å². The first-order valence-corrected chi connectivity index (χ1v) is 10.9. The number of ketones is 1. The Morgan fingerprint density at radius 1 is 1.25 bits per heavy atom. The van der Waals surface area contributed by atoms with Crippen LogP contribution < -0.4 is 0 Å². The molecule has 8 nitrogen and oxygen atoms in total. The van der Waals surface area contributed by atoms with Crippen molar-refractivity contribution >= 4 is 23.8 Å². The molecule has 1 aromatic carbocycles. The molecule has 0 aliphatic carbocycles. The predicted molar refractivity (Wildman–Crippen MR) is 120 cm³/mol. The van der Waals surface area contributed by atoms with Crippen LogP contribution in [0.2, 0.25) is 0 Å². The van der Waals surface area contributed by atoms with Gasteiger partial charge in [-0.05, 0) is 49.5 Å². The van der Waals surface area contributed by atoms with Gasteiger partial charge < -0.3 is 24.8 Å². The van der Waals surface area contributed by atoms with E-state index in [-0.39, 0.29) is 30.4 Å². The summed E-state index contributed by atoms with van der Waals surface area (Å²) in [6.07, 6.45) is 1.08. The lowest BCUT2D eigenvalue weighted by atomic mass is 9.97. The number of aliphatic hydroxyl groups is 2. The van der Waals surface area contributed by atoms with Crippen molar-refractivity contribution in [1.82, 2.24) is 0 Å². The maximum atomic E-state index is 12.9. The van der Waals surface area contributed by atoms with Gasteiger partial charge in [0.25, 0.3) is 0 Å². The normalized spacial score (nSPS) is 25.0. The Hall–Kier alpha value is -3.62. The fourth-order valence-corrected chi connectivity index (χ4v) is 3.33. The molecule has 194 valence electrons. The number of carbonyl (C=O) groups is 3. The van der Waals surface area contributed by atoms with Crippen LogP contribution in [0.5, 0.6) is 5.75 Å². The molecule has 0 aromatic heterocycles. The van der Waals surface area contributed by atoms with Gasteiger partial charge in [-0.1, -0.05) is 30.2 Å². The maximum absolute atomic E-state index is 12.9. The Balaban J connectivity index is 2.34. The van der Waals surface area contributed by atoms with Crippen LogP contribution in [0.25, 0.3) is 6.08 Å². The monoisotopic (exact) mass is 510 g/mol. The second-order valence-corrected chi connectivity index (χ2v) is 8.03. The number of phenols is 1. The summed E-state index contributed by atoms with van der Waals surface area (Å²) in [5, 5.41) is 30.7. The van der Waals surface area contributed by atoms with Gasteiger partial charge in [-0.2, -0.15) is 13.2 Å². The van der Waals surface area contributed by atoms with E-state index in [1.165, 1.54) is 37.3 Å². The Kier molecular flexibility index (Phi) is 9.84. The minimum absolute atomic E-state index is 0.00551. The number of cyclic esters (lactones) is 1. The summed E-state index contributed by atoms with van der Waals surface area (Å²) in [6.45, 7) is 0.947. The molecule has 0 unspecified atom stereocenters. The van der Waals surface area contributed by atoms with Crippen molar-refractivity contribution in [3.63, 3.8) is 0 Å². The van der Waals surface area contributed by atoms with Gasteiger partial charge in [0.2, 0.25) is 0 Å². The number of aryl methyl sites for hydroxylation is 1. The number of aromatic hydroxyl groups is 1. The number of rotatable bonds is 4. The molecule has 0 saturated heterocycles. The Morgan fingerprint density at radius 2 is 1.94 bits per heavy atom. The molecule has 4 atom stereocenters. The Bertz CT molecular complexity index is 1080. The zero-order chi connectivity index (χ0) is 27.0. The molecular formula is C25H25F3O8. The highest BCUT2D eigenvalue weighted by molar-refractivity contribution is 5.97. The van der Waals surface area contributed by atoms with Crippen molar-refractivity contribution in [2.45, 2.75) is 50.7 Å². The predicted octanol–water partition coefficient (Wildman–Crippen LogP) is 2.49. The number of ether oxygens (including phenoxy) is 2. The smallest absolute Gasteiger partial charge is 0.490 e. The average molecular weight is 510 g/mol. The first kappa shape index (κ1) is 28.6. The van der Waals surface area contributed by atoms with Crippen LogP contribution >= 0.6 is 0 Å². The van der Waals surface area contributed by atoms with Crippen LogP contribution in [-0.4, -0.2) is 64.1 Å². The lowest BCUT2D eigenvalue weighted by molar-refractivity contribution is -0.199. The molecule has 0 radical (unpaired) electrons. The third-order valence-electron chi connectivity index (χ3n) is 5.28. The molecule has 11 heteroatoms. The number of esters is 2. The number of fused-ring (bicyclic) bond motifs is 1. The summed E-state index contributed by atoms with van der Waals surface area (Å²) in [5.41, 5.74) is 0.321. The molecule has 1 aliphatic rings. The first-order valence-electron chi connectivity index (χ1n) is 10.9. The second-order valence-electron chi connectivity index (χ2n) is 8.03. The summed E-state index contributed by atoms with van der Waals surface area (Å²) < 4.78 is 46.2. The standard InChI is InChI=1S/C25H25F3O8/c1-3-16-9-10-19(30)22(32)18(29)8-4-7-17-12-15(6-5-11-35-24(34)25(26,27)28)13-20(31)21(17)23(33)36-14(16)2/h1,4,7,9-10,12-14,16,18,22,29,31-32H,5-6,8,11H2,2H3/b7-4+,10-9-/t14-,16+,18-,22-/m0/s1. The van der Waals surface area contributed by atoms with Gasteiger partial charge in [-0.3, -0.25) is 4.79 Å². The van der Waals surface area contributed by atoms with Crippen LogP contribution in [0, 0.1) is 18.3 Å². The van der Waals surface area contributed by atoms with Gasteiger partial charge in [0.15, 0.2) is 5.78 Å². The molecule has 0 bridgehead atoms. The average Bonchev–Trinajstić information content (AvgIpc) is 2.79. The zero-order valence-electron chi connectivity index (χ0n) is 19.2. The number of carbonyl (C=O) groups excluding carboxylic acids is 3. The number of hydrogen-bond donors (Lipinski definition) is 3. The zero-order valence-corrected chi connectivity index (χ0v) is 19.2. The second kappa shape index (κ2) is 12.4. The molecule has 0 spiro atoms. The lowest BCUT2D eigenvalue weighted by Crippen LogP contribution is -2.32. The molecule has 1 aliphatic heterocycles. The largest absolute Gasteiger partial charge is 0.507 e. The summed E-state index contributed by atoms with van der Waals surface area (Å²) in [6, 6.07) is 2.69. The van der Waals surface area contributed by atoms with Crippen molar-refractivity contribution < 1.29 is 52.3 Å². The molecule has 0 amide bonds. The van der Waals surface area contributed by atoms with Gasteiger partial charge in [0.05, 0.1) is 18.6 Å². The molecule has 1 heterocycles. The molecule has 0 fully saturated rings. The van der Waals surface area contributed by atoms with Crippen molar-refractivity contribution in [2.75, 3.05) is 6.61 Å². The maximum Gasteiger partial charge on any atom is 0.490 e. The number of aliphatic hydroxyl groups excluding tert-OH is 2. The summed E-state index contributed by atoms with van der Waals surface area (Å²) >= 11 is 0. The van der Waals surface area contributed by atoms with Gasteiger partial charge in [0.1, 0.15) is 23.5 Å². The number of alkyl halides is 3. The molecule has 3 N–H and O–H groups in total. The van der Waals surface area contributed by atoms with Gasteiger partial charge >= 0.3 is 18.1 Å². The number of phenolic OH excluding ortho intramolecular Hbond substituents is 1. The van der Waals surface area contributed by atoms with Crippen molar-refractivity contribution in [2.24, 2.45) is 5.92 Å². The highest BCUT2D eigenvalue weighted by Gasteiger charge is 2.40. The van der Waals surface area contributed by atoms with Crippen molar-refractivity contribution in [3.8, 4) is 18.1 Å².